The first kappa shape index (κ1) is 23.1. The summed E-state index contributed by atoms with van der Waals surface area (Å²) in [5.74, 6) is 0.0138. The molecule has 0 unspecified atom stereocenters. The molecule has 0 atom stereocenters. The molecule has 7 aromatic rings. The number of fused-ring (bicyclic) bond motifs is 13. The van der Waals surface area contributed by atoms with E-state index in [0.29, 0.717) is 10.2 Å². The third kappa shape index (κ3) is 2.78. The minimum atomic E-state index is -0.398. The number of hydrogen-bond donors (Lipinski definition) is 0. The van der Waals surface area contributed by atoms with E-state index in [1.165, 1.54) is 55.8 Å². The Morgan fingerprint density at radius 2 is 1.14 bits per heavy atom. The number of hydrogen-bond acceptors (Lipinski definition) is 5. The Morgan fingerprint density at radius 1 is 0.571 bits per heavy atom. The van der Waals surface area contributed by atoms with E-state index in [1.54, 1.807) is 0 Å². The molecule has 0 saturated carbocycles. The van der Waals surface area contributed by atoms with Crippen LogP contribution in [0.4, 0.5) is 0 Å². The van der Waals surface area contributed by atoms with E-state index in [4.69, 9.17) is 0 Å². The van der Waals surface area contributed by atoms with Crippen LogP contribution in [0.5, 0.6) is 0 Å². The van der Waals surface area contributed by atoms with E-state index in [0.717, 1.165) is 21.2 Å². The van der Waals surface area contributed by atoms with Gasteiger partial charge in [-0.15, -0.1) is 11.3 Å². The highest BCUT2D eigenvalue weighted by molar-refractivity contribution is 7.26. The highest BCUT2D eigenvalue weighted by Crippen LogP contribution is 2.63. The fraction of sp³-hybridized carbons (Fsp3) is 0.0270. The van der Waals surface area contributed by atoms with Crippen LogP contribution in [0.1, 0.15) is 33.8 Å². The third-order valence-electron chi connectivity index (χ3n) is 8.85. The first-order valence-corrected chi connectivity index (χ1v) is 14.5. The maximum Gasteiger partial charge on any atom is 0.234 e. The van der Waals surface area contributed by atoms with Crippen molar-refractivity contribution >= 4 is 31.6 Å². The van der Waals surface area contributed by atoms with E-state index in [1.807, 2.05) is 6.07 Å². The molecule has 0 fully saturated rings. The van der Waals surface area contributed by atoms with E-state index in [-0.39, 0.29) is 11.5 Å². The van der Waals surface area contributed by atoms with Crippen molar-refractivity contribution in [2.75, 3.05) is 0 Å². The molecule has 192 valence electrons. The summed E-state index contributed by atoms with van der Waals surface area (Å²) in [6.07, 6.45) is 0. The Hall–Kier alpha value is -5.62. The van der Waals surface area contributed by atoms with Crippen LogP contribution in [0.25, 0.3) is 53.7 Å². The summed E-state index contributed by atoms with van der Waals surface area (Å²) in [5, 5.41) is 20.1. The minimum absolute atomic E-state index is 0.0138. The van der Waals surface area contributed by atoms with E-state index < -0.39 is 5.41 Å². The maximum absolute atomic E-state index is 9.67. The van der Waals surface area contributed by atoms with E-state index in [9.17, 15) is 10.5 Å². The molecule has 0 aliphatic heterocycles. The van der Waals surface area contributed by atoms with Crippen molar-refractivity contribution in [3.05, 3.63) is 143 Å². The van der Waals surface area contributed by atoms with Gasteiger partial charge >= 0.3 is 0 Å². The maximum atomic E-state index is 9.67. The predicted molar refractivity (Wildman–Crippen MR) is 166 cm³/mol. The monoisotopic (exact) mass is 550 g/mol. The molecule has 0 bridgehead atoms. The Labute approximate surface area is 245 Å². The van der Waals surface area contributed by atoms with Crippen molar-refractivity contribution < 1.29 is 0 Å². The minimum Gasteiger partial charge on any atom is -0.217 e. The molecule has 0 saturated heterocycles. The van der Waals surface area contributed by atoms with Gasteiger partial charge in [0.15, 0.2) is 5.69 Å². The molecule has 0 amide bonds. The fourth-order valence-electron chi connectivity index (χ4n) is 7.22. The molecule has 2 aliphatic carbocycles. The Kier molecular flexibility index (Phi) is 4.52. The summed E-state index contributed by atoms with van der Waals surface area (Å²) < 4.78 is 1.73. The van der Waals surface area contributed by atoms with Crippen molar-refractivity contribution in [1.29, 1.82) is 10.5 Å². The van der Waals surface area contributed by atoms with Gasteiger partial charge in [0.1, 0.15) is 12.1 Å². The average Bonchev–Trinajstić information content (AvgIpc) is 3.67. The van der Waals surface area contributed by atoms with Gasteiger partial charge in [0.2, 0.25) is 5.82 Å². The van der Waals surface area contributed by atoms with Crippen LogP contribution in [-0.2, 0) is 5.41 Å². The molecule has 42 heavy (non-hydrogen) atoms. The van der Waals surface area contributed by atoms with Crippen molar-refractivity contribution in [2.24, 2.45) is 0 Å². The Bertz CT molecular complexity index is 2340. The lowest BCUT2D eigenvalue weighted by molar-refractivity contribution is 0.794. The van der Waals surface area contributed by atoms with Gasteiger partial charge in [0.25, 0.3) is 0 Å². The second-order valence-electron chi connectivity index (χ2n) is 10.8. The van der Waals surface area contributed by atoms with Crippen molar-refractivity contribution in [3.63, 3.8) is 0 Å². The summed E-state index contributed by atoms with van der Waals surface area (Å²) in [7, 11) is 0. The zero-order valence-electron chi connectivity index (χ0n) is 22.1. The van der Waals surface area contributed by atoms with Crippen molar-refractivity contribution in [2.45, 2.75) is 5.41 Å². The lowest BCUT2D eigenvalue weighted by Gasteiger charge is -2.30. The molecule has 0 N–H and O–H groups in total. The van der Waals surface area contributed by atoms with Gasteiger partial charge < -0.3 is 0 Å². The molecule has 2 aliphatic rings. The normalized spacial score (nSPS) is 13.4. The van der Waals surface area contributed by atoms with Gasteiger partial charge in [0.05, 0.1) is 15.6 Å². The number of aromatic nitrogens is 2. The number of nitriles is 2. The van der Waals surface area contributed by atoms with E-state index in [2.05, 4.69) is 125 Å². The van der Waals surface area contributed by atoms with Gasteiger partial charge in [-0.3, -0.25) is 0 Å². The highest BCUT2D eigenvalue weighted by atomic mass is 32.1. The van der Waals surface area contributed by atoms with Crippen LogP contribution in [0.2, 0.25) is 0 Å². The lowest BCUT2D eigenvalue weighted by atomic mass is 9.70. The molecular weight excluding hydrogens is 533 g/mol. The largest absolute Gasteiger partial charge is 0.234 e. The first-order valence-electron chi connectivity index (χ1n) is 13.7. The van der Waals surface area contributed by atoms with Gasteiger partial charge in [-0.1, -0.05) is 91.0 Å². The topological polar surface area (TPSA) is 73.4 Å². The number of benzene rings is 5. The molecule has 9 rings (SSSR count). The molecule has 4 nitrogen and oxygen atoms in total. The predicted octanol–water partition coefficient (Wildman–Crippen LogP) is 8.60. The smallest absolute Gasteiger partial charge is 0.217 e. The van der Waals surface area contributed by atoms with Crippen LogP contribution in [0.15, 0.2) is 109 Å². The van der Waals surface area contributed by atoms with Gasteiger partial charge in [0, 0.05) is 10.1 Å². The standard InChI is InChI=1S/C37H18N4S/c38-19-32-36-35(41-34(20-39)40-32)27-17-21(14-16-33(27)42-36)22-13-15-26-25-9-3-6-12-30(25)37(31(26)18-22)28-10-4-1-7-23(28)24-8-2-5-11-29(24)37/h1-18H. The zero-order valence-corrected chi connectivity index (χ0v) is 22.9. The van der Waals surface area contributed by atoms with Crippen LogP contribution in [0.3, 0.4) is 0 Å². The number of rotatable bonds is 1. The highest BCUT2D eigenvalue weighted by Gasteiger charge is 2.51. The number of thiophene rings is 1. The number of nitrogens with zero attached hydrogens (tertiary/aromatic N) is 4. The first-order chi connectivity index (χ1) is 20.7. The molecule has 1 spiro atoms. The van der Waals surface area contributed by atoms with Crippen LogP contribution < -0.4 is 0 Å². The summed E-state index contributed by atoms with van der Waals surface area (Å²) in [4.78, 5) is 8.63. The second-order valence-corrected chi connectivity index (χ2v) is 11.8. The summed E-state index contributed by atoms with van der Waals surface area (Å²) in [6.45, 7) is 0. The summed E-state index contributed by atoms with van der Waals surface area (Å²) in [6, 6.07) is 43.8. The van der Waals surface area contributed by atoms with Crippen LogP contribution in [0, 0.1) is 22.7 Å². The van der Waals surface area contributed by atoms with Crippen molar-refractivity contribution in [1.82, 2.24) is 9.97 Å². The third-order valence-corrected chi connectivity index (χ3v) is 10.0. The van der Waals surface area contributed by atoms with Gasteiger partial charge in [-0.25, -0.2) is 9.97 Å². The summed E-state index contributed by atoms with van der Waals surface area (Å²) in [5.41, 5.74) is 13.0. The Morgan fingerprint density at radius 3 is 1.76 bits per heavy atom. The Balaban J connectivity index is 1.33. The molecule has 0 radical (unpaired) electrons. The quantitative estimate of drug-likeness (QED) is 0.205. The zero-order chi connectivity index (χ0) is 28.0. The van der Waals surface area contributed by atoms with E-state index >= 15 is 0 Å². The molecule has 5 heteroatoms. The SMILES string of the molecule is N#Cc1nc(C#N)c2sc3ccc(-c4ccc5c(c4)C4(c6ccccc6-c6ccccc64)c4ccccc4-5)cc3c2n1. The molecule has 2 aromatic heterocycles. The van der Waals surface area contributed by atoms with Crippen molar-refractivity contribution in [3.8, 4) is 45.5 Å². The lowest BCUT2D eigenvalue weighted by Crippen LogP contribution is -2.25. The molecular formula is C37H18N4S. The van der Waals surface area contributed by atoms with Gasteiger partial charge in [-0.2, -0.15) is 10.5 Å². The van der Waals surface area contributed by atoms with Crippen LogP contribution in [-0.4, -0.2) is 9.97 Å². The fourth-order valence-corrected chi connectivity index (χ4v) is 8.29. The van der Waals surface area contributed by atoms with Crippen LogP contribution >= 0.6 is 11.3 Å². The summed E-state index contributed by atoms with van der Waals surface area (Å²) >= 11 is 1.49. The molecule has 2 heterocycles. The molecule has 5 aromatic carbocycles. The second kappa shape index (κ2) is 8.21. The van der Waals surface area contributed by atoms with Gasteiger partial charge in [-0.05, 0) is 73.8 Å². The average molecular weight is 551 g/mol.